The van der Waals surface area contributed by atoms with E-state index in [0.29, 0.717) is 12.3 Å². The van der Waals surface area contributed by atoms with Gasteiger partial charge < -0.3 is 14.8 Å². The number of rotatable bonds is 4. The van der Waals surface area contributed by atoms with Crippen LogP contribution in [0.15, 0.2) is 65.1 Å². The number of benzene rings is 2. The van der Waals surface area contributed by atoms with Gasteiger partial charge in [0.25, 0.3) is 0 Å². The van der Waals surface area contributed by atoms with Crippen molar-refractivity contribution >= 4 is 5.69 Å². The Bertz CT molecular complexity index is 735. The lowest BCUT2D eigenvalue weighted by atomic mass is 10.2. The van der Waals surface area contributed by atoms with Crippen molar-refractivity contribution in [2.24, 2.45) is 0 Å². The van der Waals surface area contributed by atoms with Crippen molar-refractivity contribution in [1.29, 1.82) is 0 Å². The maximum atomic E-state index is 12.9. The zero-order valence-corrected chi connectivity index (χ0v) is 11.2. The van der Waals surface area contributed by atoms with E-state index in [-0.39, 0.29) is 11.6 Å². The van der Waals surface area contributed by atoms with Gasteiger partial charge in [0.2, 0.25) is 0 Å². The predicted octanol–water partition coefficient (Wildman–Crippen LogP) is 4.40. The van der Waals surface area contributed by atoms with Gasteiger partial charge in [-0.25, -0.2) is 4.39 Å². The Balaban J connectivity index is 1.69. The first-order valence-corrected chi connectivity index (χ1v) is 6.58. The van der Waals surface area contributed by atoms with E-state index >= 15 is 0 Å². The lowest BCUT2D eigenvalue weighted by molar-refractivity contribution is 0.475. The van der Waals surface area contributed by atoms with E-state index in [4.69, 9.17) is 4.42 Å². The highest BCUT2D eigenvalue weighted by molar-refractivity contribution is 5.57. The van der Waals surface area contributed by atoms with Crippen LogP contribution in [0.25, 0.3) is 11.3 Å². The molecule has 2 N–H and O–H groups in total. The minimum atomic E-state index is -0.268. The van der Waals surface area contributed by atoms with Crippen LogP contribution in [-0.2, 0) is 6.54 Å². The van der Waals surface area contributed by atoms with E-state index in [2.05, 4.69) is 5.32 Å². The fourth-order valence-electron chi connectivity index (χ4n) is 2.05. The highest BCUT2D eigenvalue weighted by Crippen LogP contribution is 2.23. The summed E-state index contributed by atoms with van der Waals surface area (Å²) < 4.78 is 18.6. The molecule has 0 radical (unpaired) electrons. The van der Waals surface area contributed by atoms with Crippen LogP contribution in [0, 0.1) is 5.82 Å². The predicted molar refractivity (Wildman–Crippen MR) is 79.5 cm³/mol. The standard InChI is InChI=1S/C17H14FNO2/c18-13-6-4-12(5-7-13)17-9-8-16(21-17)11-19-14-2-1-3-15(20)10-14/h1-10,19-20H,11H2. The molecule has 0 amide bonds. The smallest absolute Gasteiger partial charge is 0.134 e. The normalized spacial score (nSPS) is 10.5. The van der Waals surface area contributed by atoms with Gasteiger partial charge in [-0.1, -0.05) is 6.07 Å². The lowest BCUT2D eigenvalue weighted by Crippen LogP contribution is -1.97. The van der Waals surface area contributed by atoms with Gasteiger partial charge in [0.15, 0.2) is 0 Å². The van der Waals surface area contributed by atoms with Gasteiger partial charge in [0.1, 0.15) is 23.1 Å². The summed E-state index contributed by atoms with van der Waals surface area (Å²) in [6, 6.07) is 16.8. The molecule has 106 valence electrons. The van der Waals surface area contributed by atoms with Gasteiger partial charge >= 0.3 is 0 Å². The van der Waals surface area contributed by atoms with Crippen molar-refractivity contribution < 1.29 is 13.9 Å². The Kier molecular flexibility index (Phi) is 3.60. The molecule has 0 aliphatic heterocycles. The summed E-state index contributed by atoms with van der Waals surface area (Å²) >= 11 is 0. The highest BCUT2D eigenvalue weighted by atomic mass is 19.1. The lowest BCUT2D eigenvalue weighted by Gasteiger charge is -2.04. The summed E-state index contributed by atoms with van der Waals surface area (Å²) in [7, 11) is 0. The van der Waals surface area contributed by atoms with E-state index in [1.807, 2.05) is 18.2 Å². The molecular weight excluding hydrogens is 269 g/mol. The number of anilines is 1. The fraction of sp³-hybridized carbons (Fsp3) is 0.0588. The second-order valence-corrected chi connectivity index (χ2v) is 4.68. The maximum Gasteiger partial charge on any atom is 0.134 e. The van der Waals surface area contributed by atoms with Crippen molar-refractivity contribution in [2.75, 3.05) is 5.32 Å². The third-order valence-electron chi connectivity index (χ3n) is 3.10. The molecule has 21 heavy (non-hydrogen) atoms. The molecular formula is C17H14FNO2. The van der Waals surface area contributed by atoms with Crippen LogP contribution in [-0.4, -0.2) is 5.11 Å². The summed E-state index contributed by atoms with van der Waals surface area (Å²) in [5.41, 5.74) is 1.65. The van der Waals surface area contributed by atoms with Crippen LogP contribution >= 0.6 is 0 Å². The summed E-state index contributed by atoms with van der Waals surface area (Å²) in [4.78, 5) is 0. The molecule has 4 heteroatoms. The fourth-order valence-corrected chi connectivity index (χ4v) is 2.05. The first-order valence-electron chi connectivity index (χ1n) is 6.58. The first kappa shape index (κ1) is 13.2. The van der Waals surface area contributed by atoms with Crippen LogP contribution in [0.3, 0.4) is 0 Å². The Morgan fingerprint density at radius 3 is 2.57 bits per heavy atom. The summed E-state index contributed by atoms with van der Waals surface area (Å²) in [6.07, 6.45) is 0. The number of phenolic OH excluding ortho intramolecular Hbond substituents is 1. The van der Waals surface area contributed by atoms with Crippen LogP contribution < -0.4 is 5.32 Å². The van der Waals surface area contributed by atoms with E-state index in [9.17, 15) is 9.50 Å². The van der Waals surface area contributed by atoms with Crippen molar-refractivity contribution in [3.8, 4) is 17.1 Å². The third-order valence-corrected chi connectivity index (χ3v) is 3.10. The van der Waals surface area contributed by atoms with Crippen molar-refractivity contribution in [2.45, 2.75) is 6.54 Å². The minimum Gasteiger partial charge on any atom is -0.508 e. The van der Waals surface area contributed by atoms with Crippen LogP contribution in [0.4, 0.5) is 10.1 Å². The molecule has 1 heterocycles. The van der Waals surface area contributed by atoms with Gasteiger partial charge in [0, 0.05) is 17.3 Å². The summed E-state index contributed by atoms with van der Waals surface area (Å²) in [5.74, 6) is 1.41. The number of furan rings is 1. The maximum absolute atomic E-state index is 12.9. The topological polar surface area (TPSA) is 45.4 Å². The molecule has 0 bridgehead atoms. The van der Waals surface area contributed by atoms with Crippen molar-refractivity contribution in [3.05, 3.63) is 72.2 Å². The molecule has 0 unspecified atom stereocenters. The van der Waals surface area contributed by atoms with Gasteiger partial charge in [-0.2, -0.15) is 0 Å². The third kappa shape index (κ3) is 3.23. The molecule has 3 rings (SSSR count). The number of hydrogen-bond acceptors (Lipinski definition) is 3. The zero-order valence-electron chi connectivity index (χ0n) is 11.2. The van der Waals surface area contributed by atoms with Crippen LogP contribution in [0.1, 0.15) is 5.76 Å². The molecule has 1 aromatic heterocycles. The van der Waals surface area contributed by atoms with E-state index in [1.165, 1.54) is 12.1 Å². The number of halogens is 1. The van der Waals surface area contributed by atoms with Gasteiger partial charge in [0.05, 0.1) is 6.54 Å². The Hall–Kier alpha value is -2.75. The highest BCUT2D eigenvalue weighted by Gasteiger charge is 2.05. The molecule has 0 saturated carbocycles. The molecule has 0 fully saturated rings. The molecule has 0 spiro atoms. The molecule has 3 aromatic rings. The number of phenols is 1. The Labute approximate surface area is 121 Å². The van der Waals surface area contributed by atoms with E-state index in [0.717, 1.165) is 17.0 Å². The van der Waals surface area contributed by atoms with Gasteiger partial charge in [-0.15, -0.1) is 0 Å². The second kappa shape index (κ2) is 5.71. The quantitative estimate of drug-likeness (QED) is 0.745. The first-order chi connectivity index (χ1) is 10.2. The van der Waals surface area contributed by atoms with Crippen molar-refractivity contribution in [1.82, 2.24) is 0 Å². The largest absolute Gasteiger partial charge is 0.508 e. The molecule has 0 atom stereocenters. The van der Waals surface area contributed by atoms with E-state index < -0.39 is 0 Å². The average molecular weight is 283 g/mol. The SMILES string of the molecule is Oc1cccc(NCc2ccc(-c3ccc(F)cc3)o2)c1. The minimum absolute atomic E-state index is 0.214. The average Bonchev–Trinajstić information content (AvgIpc) is 2.95. The van der Waals surface area contributed by atoms with Crippen molar-refractivity contribution in [3.63, 3.8) is 0 Å². The Morgan fingerprint density at radius 1 is 1.00 bits per heavy atom. The van der Waals surface area contributed by atoms with Gasteiger partial charge in [-0.05, 0) is 48.5 Å². The molecule has 0 saturated heterocycles. The molecule has 0 aliphatic rings. The summed E-state index contributed by atoms with van der Waals surface area (Å²) in [6.45, 7) is 0.505. The molecule has 3 nitrogen and oxygen atoms in total. The zero-order chi connectivity index (χ0) is 14.7. The Morgan fingerprint density at radius 2 is 1.81 bits per heavy atom. The number of hydrogen-bond donors (Lipinski definition) is 2. The monoisotopic (exact) mass is 283 g/mol. The van der Waals surface area contributed by atoms with Crippen LogP contribution in [0.5, 0.6) is 5.75 Å². The van der Waals surface area contributed by atoms with Crippen LogP contribution in [0.2, 0.25) is 0 Å². The van der Waals surface area contributed by atoms with Gasteiger partial charge in [-0.3, -0.25) is 0 Å². The number of aromatic hydroxyl groups is 1. The molecule has 2 aromatic carbocycles. The summed E-state index contributed by atoms with van der Waals surface area (Å²) in [5, 5.41) is 12.6. The number of nitrogens with one attached hydrogen (secondary N) is 1. The second-order valence-electron chi connectivity index (χ2n) is 4.68. The molecule has 0 aliphatic carbocycles. The van der Waals surface area contributed by atoms with E-state index in [1.54, 1.807) is 30.3 Å².